The number of ether oxygens (including phenoxy) is 3. The van der Waals surface area contributed by atoms with Crippen molar-refractivity contribution in [2.75, 3.05) is 12.4 Å². The molecule has 138 valence electrons. The minimum atomic E-state index is -3.42. The van der Waals surface area contributed by atoms with Crippen LogP contribution in [0.5, 0.6) is 0 Å². The lowest BCUT2D eigenvalue weighted by atomic mass is 10.1. The van der Waals surface area contributed by atoms with Gasteiger partial charge in [-0.15, -0.1) is 0 Å². The minimum absolute atomic E-state index is 0.101. The van der Waals surface area contributed by atoms with Crippen LogP contribution in [0.4, 0.5) is 0 Å². The number of fused-ring (bicyclic) bond motifs is 1. The van der Waals surface area contributed by atoms with Gasteiger partial charge in [0.15, 0.2) is 6.29 Å². The fourth-order valence-corrected chi connectivity index (χ4v) is 4.78. The van der Waals surface area contributed by atoms with Crippen LogP contribution in [0.3, 0.4) is 0 Å². The van der Waals surface area contributed by atoms with Crippen molar-refractivity contribution in [2.45, 2.75) is 31.1 Å². The maximum absolute atomic E-state index is 12.2. The van der Waals surface area contributed by atoms with E-state index in [0.717, 1.165) is 11.1 Å². The van der Waals surface area contributed by atoms with Crippen molar-refractivity contribution in [3.8, 4) is 0 Å². The first kappa shape index (κ1) is 17.6. The van der Waals surface area contributed by atoms with Gasteiger partial charge in [-0.05, 0) is 5.56 Å². The van der Waals surface area contributed by atoms with Gasteiger partial charge in [0, 0.05) is 5.56 Å². The van der Waals surface area contributed by atoms with Crippen molar-refractivity contribution in [1.82, 2.24) is 4.72 Å². The summed E-state index contributed by atoms with van der Waals surface area (Å²) in [6, 6.07) is 18.8. The molecule has 4 rings (SSSR count). The number of sulfonamides is 1. The van der Waals surface area contributed by atoms with Gasteiger partial charge in [-0.1, -0.05) is 60.7 Å². The van der Waals surface area contributed by atoms with Crippen LogP contribution in [0.1, 0.15) is 17.4 Å². The monoisotopic (exact) mass is 375 g/mol. The molecule has 2 aromatic rings. The molecule has 0 amide bonds. The van der Waals surface area contributed by atoms with Crippen molar-refractivity contribution in [3.63, 3.8) is 0 Å². The highest BCUT2D eigenvalue weighted by Crippen LogP contribution is 2.35. The average Bonchev–Trinajstić information content (AvgIpc) is 3.06. The molecule has 0 aromatic heterocycles. The Labute approximate surface area is 153 Å². The van der Waals surface area contributed by atoms with Crippen LogP contribution in [0.2, 0.25) is 0 Å². The Morgan fingerprint density at radius 1 is 1.00 bits per heavy atom. The van der Waals surface area contributed by atoms with Crippen LogP contribution in [0, 0.1) is 0 Å². The van der Waals surface area contributed by atoms with E-state index in [1.807, 2.05) is 60.7 Å². The first-order valence-electron chi connectivity index (χ1n) is 8.58. The fraction of sp³-hybridized carbons (Fsp3) is 0.368. The maximum atomic E-state index is 12.2. The molecule has 2 saturated heterocycles. The Balaban J connectivity index is 1.44. The number of benzene rings is 2. The van der Waals surface area contributed by atoms with Gasteiger partial charge in [0.1, 0.15) is 12.2 Å². The molecule has 2 fully saturated rings. The summed E-state index contributed by atoms with van der Waals surface area (Å²) < 4.78 is 44.7. The standard InChI is InChI=1S/C19H21NO5S/c21-26(22)13-17-18(25-19(24-17)15-9-5-2-6-10-15)16(20-26)12-23-11-14-7-3-1-4-8-14/h1-10,16-20H,11-13H2/t16-,17+,18-,19+/m0/s1. The molecular weight excluding hydrogens is 354 g/mol. The third-order valence-electron chi connectivity index (χ3n) is 4.54. The molecular formula is C19H21NO5S. The topological polar surface area (TPSA) is 73.9 Å². The molecule has 7 heteroatoms. The van der Waals surface area contributed by atoms with Crippen LogP contribution in [0.25, 0.3) is 0 Å². The molecule has 0 bridgehead atoms. The van der Waals surface area contributed by atoms with Gasteiger partial charge >= 0.3 is 0 Å². The average molecular weight is 375 g/mol. The zero-order valence-electron chi connectivity index (χ0n) is 14.2. The smallest absolute Gasteiger partial charge is 0.214 e. The van der Waals surface area contributed by atoms with E-state index in [-0.39, 0.29) is 18.5 Å². The molecule has 2 aliphatic heterocycles. The predicted molar refractivity (Wildman–Crippen MR) is 95.7 cm³/mol. The van der Waals surface area contributed by atoms with E-state index in [9.17, 15) is 8.42 Å². The lowest BCUT2D eigenvalue weighted by Crippen LogP contribution is -2.57. The normalized spacial score (nSPS) is 30.0. The molecule has 2 aromatic carbocycles. The molecule has 0 aliphatic carbocycles. The zero-order chi connectivity index (χ0) is 18.0. The molecule has 0 unspecified atom stereocenters. The first-order chi connectivity index (χ1) is 12.6. The summed E-state index contributed by atoms with van der Waals surface area (Å²) in [4.78, 5) is 0. The quantitative estimate of drug-likeness (QED) is 0.865. The summed E-state index contributed by atoms with van der Waals surface area (Å²) in [6.45, 7) is 0.638. The van der Waals surface area contributed by atoms with Gasteiger partial charge in [0.05, 0.1) is 25.0 Å². The molecule has 1 N–H and O–H groups in total. The SMILES string of the molecule is O=S1(=O)C[C@H]2O[C@@H](c3ccccc3)O[C@H]2[C@H](COCc2ccccc2)N1. The molecule has 26 heavy (non-hydrogen) atoms. The Morgan fingerprint density at radius 3 is 2.42 bits per heavy atom. The Kier molecular flexibility index (Phi) is 5.06. The largest absolute Gasteiger partial charge is 0.375 e. The second kappa shape index (κ2) is 7.46. The van der Waals surface area contributed by atoms with Crippen molar-refractivity contribution in [2.24, 2.45) is 0 Å². The number of nitrogens with one attached hydrogen (secondary N) is 1. The van der Waals surface area contributed by atoms with Gasteiger partial charge in [0.25, 0.3) is 0 Å². The second-order valence-electron chi connectivity index (χ2n) is 6.52. The Morgan fingerprint density at radius 2 is 1.69 bits per heavy atom. The van der Waals surface area contributed by atoms with E-state index in [2.05, 4.69) is 4.72 Å². The van der Waals surface area contributed by atoms with Crippen molar-refractivity contribution in [1.29, 1.82) is 0 Å². The number of hydrogen-bond donors (Lipinski definition) is 1. The van der Waals surface area contributed by atoms with Gasteiger partial charge < -0.3 is 14.2 Å². The van der Waals surface area contributed by atoms with Gasteiger partial charge in [-0.3, -0.25) is 0 Å². The van der Waals surface area contributed by atoms with Crippen molar-refractivity contribution in [3.05, 3.63) is 71.8 Å². The van der Waals surface area contributed by atoms with Gasteiger partial charge in [0.2, 0.25) is 10.0 Å². The highest BCUT2D eigenvalue weighted by molar-refractivity contribution is 7.89. The fourth-order valence-electron chi connectivity index (χ4n) is 3.32. The summed E-state index contributed by atoms with van der Waals surface area (Å²) in [5.74, 6) is -0.101. The highest BCUT2D eigenvalue weighted by atomic mass is 32.2. The van der Waals surface area contributed by atoms with Crippen LogP contribution in [-0.4, -0.2) is 39.0 Å². The first-order valence-corrected chi connectivity index (χ1v) is 10.2. The second-order valence-corrected chi connectivity index (χ2v) is 8.32. The van der Waals surface area contributed by atoms with Crippen molar-refractivity contribution >= 4 is 10.0 Å². The van der Waals surface area contributed by atoms with E-state index in [1.165, 1.54) is 0 Å². The Hall–Kier alpha value is -1.77. The summed E-state index contributed by atoms with van der Waals surface area (Å²) in [6.07, 6.45) is -1.44. The van der Waals surface area contributed by atoms with Crippen molar-refractivity contribution < 1.29 is 22.6 Å². The van der Waals surface area contributed by atoms with E-state index >= 15 is 0 Å². The zero-order valence-corrected chi connectivity index (χ0v) is 15.0. The molecule has 0 spiro atoms. The summed E-state index contributed by atoms with van der Waals surface area (Å²) in [5, 5.41) is 0. The lowest BCUT2D eigenvalue weighted by molar-refractivity contribution is -0.0726. The number of rotatable bonds is 5. The van der Waals surface area contributed by atoms with E-state index in [1.54, 1.807) is 0 Å². The van der Waals surface area contributed by atoms with Crippen LogP contribution in [-0.2, 0) is 30.8 Å². The van der Waals surface area contributed by atoms with Gasteiger partial charge in [-0.25, -0.2) is 13.1 Å². The summed E-state index contributed by atoms with van der Waals surface area (Å²) >= 11 is 0. The molecule has 6 nitrogen and oxygen atoms in total. The summed E-state index contributed by atoms with van der Waals surface area (Å²) in [5.41, 5.74) is 1.91. The predicted octanol–water partition coefficient (Wildman–Crippen LogP) is 1.99. The third-order valence-corrected chi connectivity index (χ3v) is 5.97. The Bertz CT molecular complexity index is 828. The van der Waals surface area contributed by atoms with E-state index in [4.69, 9.17) is 14.2 Å². The minimum Gasteiger partial charge on any atom is -0.375 e. The summed E-state index contributed by atoms with van der Waals surface area (Å²) in [7, 11) is -3.42. The highest BCUT2D eigenvalue weighted by Gasteiger charge is 2.48. The lowest BCUT2D eigenvalue weighted by Gasteiger charge is -2.31. The third kappa shape index (κ3) is 3.97. The maximum Gasteiger partial charge on any atom is 0.214 e. The van der Waals surface area contributed by atoms with E-state index < -0.39 is 28.5 Å². The van der Waals surface area contributed by atoms with Crippen LogP contribution < -0.4 is 4.72 Å². The molecule has 2 aliphatic rings. The molecule has 0 saturated carbocycles. The van der Waals surface area contributed by atoms with Crippen LogP contribution in [0.15, 0.2) is 60.7 Å². The molecule has 2 heterocycles. The van der Waals surface area contributed by atoms with Crippen LogP contribution >= 0.6 is 0 Å². The number of hydrogen-bond acceptors (Lipinski definition) is 5. The molecule has 4 atom stereocenters. The van der Waals surface area contributed by atoms with E-state index in [0.29, 0.717) is 6.61 Å². The molecule has 0 radical (unpaired) electrons. The van der Waals surface area contributed by atoms with Gasteiger partial charge in [-0.2, -0.15) is 0 Å².